The van der Waals surface area contributed by atoms with Gasteiger partial charge in [0.25, 0.3) is 0 Å². The van der Waals surface area contributed by atoms with E-state index in [-0.39, 0.29) is 25.2 Å². The van der Waals surface area contributed by atoms with Crippen LogP contribution < -0.4 is 0 Å². The molecule has 0 aliphatic carbocycles. The molecule has 0 aromatic rings. The van der Waals surface area contributed by atoms with E-state index in [9.17, 15) is 9.59 Å². The molecule has 5 nitrogen and oxygen atoms in total. The number of carbonyl (C=O) groups excluding carboxylic acids is 1. The number of carboxylic acids is 1. The van der Waals surface area contributed by atoms with Gasteiger partial charge in [-0.15, -0.1) is 6.42 Å². The molecule has 0 aromatic carbocycles. The minimum absolute atomic E-state index is 0.0293. The van der Waals surface area contributed by atoms with Crippen LogP contribution in [0.15, 0.2) is 0 Å². The van der Waals surface area contributed by atoms with Crippen LogP contribution in [0.25, 0.3) is 0 Å². The van der Waals surface area contributed by atoms with Crippen LogP contribution in [0.5, 0.6) is 0 Å². The number of hydrogen-bond donors (Lipinski definition) is 1. The quantitative estimate of drug-likeness (QED) is 0.750. The fraction of sp³-hybridized carbons (Fsp3) is 0.636. The van der Waals surface area contributed by atoms with E-state index in [0.29, 0.717) is 6.54 Å². The van der Waals surface area contributed by atoms with Crippen LogP contribution in [0.4, 0.5) is 4.79 Å². The van der Waals surface area contributed by atoms with Crippen molar-refractivity contribution >= 4 is 23.8 Å². The van der Waals surface area contributed by atoms with E-state index in [1.54, 1.807) is 16.7 Å². The summed E-state index contributed by atoms with van der Waals surface area (Å²) in [5.41, 5.74) is 0. The summed E-state index contributed by atoms with van der Waals surface area (Å²) in [7, 11) is 0. The average Bonchev–Trinajstić information content (AvgIpc) is 2.28. The molecule has 94 valence electrons. The molecule has 0 bridgehead atoms. The second-order valence-electron chi connectivity index (χ2n) is 3.85. The first-order chi connectivity index (χ1) is 8.06. The third-order valence-corrected chi connectivity index (χ3v) is 3.68. The Morgan fingerprint density at radius 1 is 1.65 bits per heavy atom. The predicted molar refractivity (Wildman–Crippen MR) is 66.9 cm³/mol. The Balaban J connectivity index is 2.69. The van der Waals surface area contributed by atoms with Gasteiger partial charge in [-0.25, -0.2) is 4.79 Å². The molecule has 0 aromatic heterocycles. The lowest BCUT2D eigenvalue weighted by Crippen LogP contribution is -2.52. The molecule has 1 atom stereocenters. The maximum atomic E-state index is 12.1. The summed E-state index contributed by atoms with van der Waals surface area (Å²) in [5.74, 6) is 3.03. The second-order valence-corrected chi connectivity index (χ2v) is 5.00. The number of nitrogens with zero attached hydrogens (tertiary/aromatic N) is 2. The Kier molecular flexibility index (Phi) is 5.16. The molecular formula is C11H16N2O3S. The standard InChI is InChI=1S/C11H16N2O3S/c1-3-4-12(7-10(14)15)11(16)13-5-6-17-8-9(13)2/h1,9H,4-8H2,2H3,(H,14,15). The molecule has 0 saturated carbocycles. The van der Waals surface area contributed by atoms with Crippen LogP contribution in [0.3, 0.4) is 0 Å². The monoisotopic (exact) mass is 256 g/mol. The molecule has 1 N–H and O–H groups in total. The van der Waals surface area contributed by atoms with Gasteiger partial charge in [-0.3, -0.25) is 4.79 Å². The fourth-order valence-corrected chi connectivity index (χ4v) is 2.67. The smallest absolute Gasteiger partial charge is 0.323 e. The third-order valence-electron chi connectivity index (χ3n) is 2.49. The van der Waals surface area contributed by atoms with E-state index in [2.05, 4.69) is 5.92 Å². The first-order valence-electron chi connectivity index (χ1n) is 5.34. The van der Waals surface area contributed by atoms with Crippen LogP contribution >= 0.6 is 11.8 Å². The van der Waals surface area contributed by atoms with Gasteiger partial charge >= 0.3 is 12.0 Å². The van der Waals surface area contributed by atoms with Gasteiger partial charge in [-0.1, -0.05) is 5.92 Å². The van der Waals surface area contributed by atoms with E-state index in [0.717, 1.165) is 11.5 Å². The molecule has 1 aliphatic heterocycles. The highest BCUT2D eigenvalue weighted by Crippen LogP contribution is 2.17. The summed E-state index contributed by atoms with van der Waals surface area (Å²) in [6.07, 6.45) is 5.15. The van der Waals surface area contributed by atoms with Gasteiger partial charge in [0, 0.05) is 24.1 Å². The third kappa shape index (κ3) is 3.86. The van der Waals surface area contributed by atoms with Crippen LogP contribution in [-0.4, -0.2) is 64.1 Å². The summed E-state index contributed by atoms with van der Waals surface area (Å²) in [4.78, 5) is 25.7. The number of carboxylic acid groups (broad SMARTS) is 1. The zero-order valence-corrected chi connectivity index (χ0v) is 10.6. The van der Waals surface area contributed by atoms with Gasteiger partial charge in [0.2, 0.25) is 0 Å². The minimum atomic E-state index is -1.05. The molecule has 0 spiro atoms. The van der Waals surface area contributed by atoms with Crippen molar-refractivity contribution in [1.82, 2.24) is 9.80 Å². The lowest BCUT2D eigenvalue weighted by atomic mass is 10.3. The maximum absolute atomic E-state index is 12.1. The summed E-state index contributed by atoms with van der Waals surface area (Å²) in [5, 5.41) is 8.74. The molecule has 1 fully saturated rings. The number of urea groups is 1. The number of aliphatic carboxylic acids is 1. The molecule has 1 rings (SSSR count). The van der Waals surface area contributed by atoms with Gasteiger partial charge in [0.15, 0.2) is 0 Å². The number of rotatable bonds is 3. The van der Waals surface area contributed by atoms with Crippen LogP contribution in [0.1, 0.15) is 6.92 Å². The Hall–Kier alpha value is -1.35. The molecule has 2 amide bonds. The second kappa shape index (κ2) is 6.40. The molecule has 6 heteroatoms. The van der Waals surface area contributed by atoms with Crippen LogP contribution in [0, 0.1) is 12.3 Å². The largest absolute Gasteiger partial charge is 0.480 e. The van der Waals surface area contributed by atoms with Crippen molar-refractivity contribution in [1.29, 1.82) is 0 Å². The number of terminal acetylenes is 1. The SMILES string of the molecule is C#CCN(CC(=O)O)C(=O)N1CCSCC1C. The predicted octanol–water partition coefficient (Wildman–Crippen LogP) is 0.564. The Morgan fingerprint density at radius 3 is 2.88 bits per heavy atom. The van der Waals surface area contributed by atoms with Gasteiger partial charge in [-0.2, -0.15) is 11.8 Å². The van der Waals surface area contributed by atoms with Crippen LogP contribution in [-0.2, 0) is 4.79 Å². The molecule has 17 heavy (non-hydrogen) atoms. The van der Waals surface area contributed by atoms with E-state index < -0.39 is 5.97 Å². The molecule has 1 saturated heterocycles. The molecule has 1 aliphatic rings. The normalized spacial score (nSPS) is 19.5. The van der Waals surface area contributed by atoms with Crippen molar-refractivity contribution in [2.24, 2.45) is 0 Å². The number of hydrogen-bond acceptors (Lipinski definition) is 3. The Morgan fingerprint density at radius 2 is 2.35 bits per heavy atom. The first-order valence-corrected chi connectivity index (χ1v) is 6.50. The topological polar surface area (TPSA) is 60.9 Å². The molecule has 1 unspecified atom stereocenters. The molecule has 1 heterocycles. The highest BCUT2D eigenvalue weighted by molar-refractivity contribution is 7.99. The summed E-state index contributed by atoms with van der Waals surface area (Å²) in [6, 6.07) is -0.159. The lowest BCUT2D eigenvalue weighted by molar-refractivity contribution is -0.137. The molecule has 0 radical (unpaired) electrons. The van der Waals surface area contributed by atoms with Gasteiger partial charge in [-0.05, 0) is 6.92 Å². The highest BCUT2D eigenvalue weighted by Gasteiger charge is 2.28. The van der Waals surface area contributed by atoms with Crippen LogP contribution in [0.2, 0.25) is 0 Å². The number of amides is 2. The van der Waals surface area contributed by atoms with Crippen molar-refractivity contribution in [3.8, 4) is 12.3 Å². The number of thioether (sulfide) groups is 1. The molecular weight excluding hydrogens is 240 g/mol. The first kappa shape index (κ1) is 13.7. The van der Waals surface area contributed by atoms with Gasteiger partial charge < -0.3 is 14.9 Å². The van der Waals surface area contributed by atoms with E-state index in [1.807, 2.05) is 6.92 Å². The average molecular weight is 256 g/mol. The minimum Gasteiger partial charge on any atom is -0.480 e. The summed E-state index contributed by atoms with van der Waals surface area (Å²) >= 11 is 1.79. The zero-order valence-electron chi connectivity index (χ0n) is 9.76. The zero-order chi connectivity index (χ0) is 12.8. The van der Waals surface area contributed by atoms with Crippen molar-refractivity contribution in [3.05, 3.63) is 0 Å². The van der Waals surface area contributed by atoms with Gasteiger partial charge in [0.1, 0.15) is 6.54 Å². The van der Waals surface area contributed by atoms with Crippen molar-refractivity contribution in [2.45, 2.75) is 13.0 Å². The Labute approximate surface area is 105 Å². The van der Waals surface area contributed by atoms with E-state index in [1.165, 1.54) is 4.90 Å². The Bertz CT molecular complexity index is 340. The summed E-state index contributed by atoms with van der Waals surface area (Å²) < 4.78 is 0. The van der Waals surface area contributed by atoms with Gasteiger partial charge in [0.05, 0.1) is 6.54 Å². The van der Waals surface area contributed by atoms with E-state index >= 15 is 0 Å². The van der Waals surface area contributed by atoms with Crippen molar-refractivity contribution in [3.63, 3.8) is 0 Å². The lowest BCUT2D eigenvalue weighted by Gasteiger charge is -2.36. The highest BCUT2D eigenvalue weighted by atomic mass is 32.2. The van der Waals surface area contributed by atoms with E-state index in [4.69, 9.17) is 11.5 Å². The fourth-order valence-electron chi connectivity index (χ4n) is 1.66. The van der Waals surface area contributed by atoms with Crippen molar-refractivity contribution in [2.75, 3.05) is 31.1 Å². The van der Waals surface area contributed by atoms with Crippen molar-refractivity contribution < 1.29 is 14.7 Å². The summed E-state index contributed by atoms with van der Waals surface area (Å²) in [6.45, 7) is 2.28. The maximum Gasteiger partial charge on any atom is 0.323 e. The number of carbonyl (C=O) groups is 2.